The Kier molecular flexibility index (Phi) is 5.64. The molecule has 1 nitrogen and oxygen atoms in total. The third-order valence-electron chi connectivity index (χ3n) is 3.61. The fraction of sp³-hybridized carbons (Fsp3) is 0.333. The van der Waals surface area contributed by atoms with Gasteiger partial charge in [0.1, 0.15) is 5.75 Å². The summed E-state index contributed by atoms with van der Waals surface area (Å²) in [6.45, 7) is 13.3. The van der Waals surface area contributed by atoms with Crippen molar-refractivity contribution in [3.63, 3.8) is 0 Å². The number of rotatable bonds is 4. The molecule has 0 amide bonds. The lowest BCUT2D eigenvalue weighted by Crippen LogP contribution is -2.17. The van der Waals surface area contributed by atoms with Crippen molar-refractivity contribution >= 4 is 5.57 Å². The van der Waals surface area contributed by atoms with Crippen LogP contribution in [-0.4, -0.2) is 6.36 Å². The standard InChI is InChI=1S/C18H21F3O/c1-7-16(14(6)13(5)11(2)3)15-8-9-17(12(4)10-15)22-18(19,20)21/h7-10H,2H2,1,3-6H3/b14-13-,16-7+. The van der Waals surface area contributed by atoms with Crippen LogP contribution in [0.1, 0.15) is 38.8 Å². The third-order valence-corrected chi connectivity index (χ3v) is 3.61. The van der Waals surface area contributed by atoms with E-state index >= 15 is 0 Å². The second-order valence-electron chi connectivity index (χ2n) is 5.26. The molecule has 120 valence electrons. The Labute approximate surface area is 129 Å². The SMILES string of the molecule is C=C(C)/C(C)=C(C)\C(=C/C)c1ccc(OC(F)(F)F)c(C)c1. The van der Waals surface area contributed by atoms with Crippen molar-refractivity contribution in [1.82, 2.24) is 0 Å². The maximum atomic E-state index is 12.3. The molecule has 0 saturated carbocycles. The van der Waals surface area contributed by atoms with Crippen LogP contribution < -0.4 is 4.74 Å². The number of alkyl halides is 3. The van der Waals surface area contributed by atoms with Crippen LogP contribution in [0.5, 0.6) is 5.75 Å². The van der Waals surface area contributed by atoms with E-state index in [0.717, 1.165) is 27.9 Å². The van der Waals surface area contributed by atoms with Gasteiger partial charge in [0, 0.05) is 0 Å². The van der Waals surface area contributed by atoms with Gasteiger partial charge in [0.15, 0.2) is 0 Å². The van der Waals surface area contributed by atoms with Crippen molar-refractivity contribution in [1.29, 1.82) is 0 Å². The fourth-order valence-corrected chi connectivity index (χ4v) is 2.18. The minimum Gasteiger partial charge on any atom is -0.406 e. The van der Waals surface area contributed by atoms with E-state index in [2.05, 4.69) is 11.3 Å². The number of aryl methyl sites for hydroxylation is 1. The van der Waals surface area contributed by atoms with E-state index in [4.69, 9.17) is 0 Å². The molecule has 0 heterocycles. The van der Waals surface area contributed by atoms with E-state index in [0.29, 0.717) is 5.56 Å². The summed E-state index contributed by atoms with van der Waals surface area (Å²) in [6, 6.07) is 4.69. The van der Waals surface area contributed by atoms with E-state index in [9.17, 15) is 13.2 Å². The summed E-state index contributed by atoms with van der Waals surface area (Å²) in [7, 11) is 0. The second kappa shape index (κ2) is 6.86. The van der Waals surface area contributed by atoms with Gasteiger partial charge in [-0.25, -0.2) is 0 Å². The molecule has 1 rings (SSSR count). The maximum absolute atomic E-state index is 12.3. The summed E-state index contributed by atoms with van der Waals surface area (Å²) < 4.78 is 41.0. The number of halogens is 3. The molecule has 0 aliphatic heterocycles. The maximum Gasteiger partial charge on any atom is 0.573 e. The van der Waals surface area contributed by atoms with Gasteiger partial charge in [-0.2, -0.15) is 0 Å². The van der Waals surface area contributed by atoms with E-state index < -0.39 is 6.36 Å². The predicted octanol–water partition coefficient (Wildman–Crippen LogP) is 6.21. The first-order chi connectivity index (χ1) is 10.1. The normalized spacial score (nSPS) is 13.7. The van der Waals surface area contributed by atoms with Crippen molar-refractivity contribution in [2.75, 3.05) is 0 Å². The summed E-state index contributed by atoms with van der Waals surface area (Å²) >= 11 is 0. The van der Waals surface area contributed by atoms with Crippen molar-refractivity contribution < 1.29 is 17.9 Å². The highest BCUT2D eigenvalue weighted by Gasteiger charge is 2.31. The predicted molar refractivity (Wildman–Crippen MR) is 84.7 cm³/mol. The van der Waals surface area contributed by atoms with Crippen LogP contribution in [0.15, 0.2) is 47.6 Å². The molecule has 0 aliphatic carbocycles. The van der Waals surface area contributed by atoms with Gasteiger partial charge >= 0.3 is 6.36 Å². The minimum atomic E-state index is -4.68. The zero-order chi connectivity index (χ0) is 17.1. The van der Waals surface area contributed by atoms with E-state index in [1.54, 1.807) is 19.1 Å². The lowest BCUT2D eigenvalue weighted by Gasteiger charge is -2.16. The van der Waals surface area contributed by atoms with E-state index in [1.165, 1.54) is 6.07 Å². The molecule has 0 radical (unpaired) electrons. The van der Waals surface area contributed by atoms with Crippen molar-refractivity contribution in [3.8, 4) is 5.75 Å². The van der Waals surface area contributed by atoms with Crippen molar-refractivity contribution in [2.24, 2.45) is 0 Å². The number of benzene rings is 1. The minimum absolute atomic E-state index is 0.176. The van der Waals surface area contributed by atoms with Gasteiger partial charge in [-0.1, -0.05) is 24.3 Å². The van der Waals surface area contributed by atoms with Gasteiger partial charge in [-0.15, -0.1) is 13.2 Å². The molecule has 22 heavy (non-hydrogen) atoms. The van der Waals surface area contributed by atoms with Gasteiger partial charge in [0.25, 0.3) is 0 Å². The van der Waals surface area contributed by atoms with Crippen LogP contribution in [0.2, 0.25) is 0 Å². The first kappa shape index (κ1) is 18.1. The Morgan fingerprint density at radius 3 is 2.14 bits per heavy atom. The summed E-state index contributed by atoms with van der Waals surface area (Å²) in [5, 5.41) is 0. The molecular weight excluding hydrogens is 289 g/mol. The summed E-state index contributed by atoms with van der Waals surface area (Å²) in [5.41, 5.74) is 5.36. The smallest absolute Gasteiger partial charge is 0.406 e. The molecule has 0 N–H and O–H groups in total. The quantitative estimate of drug-likeness (QED) is 0.601. The van der Waals surface area contributed by atoms with Gasteiger partial charge < -0.3 is 4.74 Å². The van der Waals surface area contributed by atoms with Gasteiger partial charge in [-0.3, -0.25) is 0 Å². The largest absolute Gasteiger partial charge is 0.573 e. The Bertz CT molecular complexity index is 634. The molecule has 0 spiro atoms. The summed E-state index contributed by atoms with van der Waals surface area (Å²) in [6.07, 6.45) is -2.73. The lowest BCUT2D eigenvalue weighted by molar-refractivity contribution is -0.274. The average molecular weight is 310 g/mol. The third kappa shape index (κ3) is 4.52. The van der Waals surface area contributed by atoms with Gasteiger partial charge in [0.05, 0.1) is 0 Å². The Morgan fingerprint density at radius 2 is 1.73 bits per heavy atom. The molecule has 0 aliphatic rings. The molecule has 1 aromatic rings. The molecule has 0 atom stereocenters. The lowest BCUT2D eigenvalue weighted by atomic mass is 9.92. The first-order valence-corrected chi connectivity index (χ1v) is 6.93. The van der Waals surface area contributed by atoms with Gasteiger partial charge in [0.2, 0.25) is 0 Å². The van der Waals surface area contributed by atoms with Crippen LogP contribution in [0, 0.1) is 6.92 Å². The molecule has 0 unspecified atom stereocenters. The number of allylic oxidation sites excluding steroid dienone is 5. The number of hydrogen-bond donors (Lipinski definition) is 0. The molecular formula is C18H21F3O. The van der Waals surface area contributed by atoms with Crippen LogP contribution in [0.3, 0.4) is 0 Å². The van der Waals surface area contributed by atoms with Crippen LogP contribution in [-0.2, 0) is 0 Å². The number of hydrogen-bond acceptors (Lipinski definition) is 1. The first-order valence-electron chi connectivity index (χ1n) is 6.93. The fourth-order valence-electron chi connectivity index (χ4n) is 2.18. The van der Waals surface area contributed by atoms with Crippen LogP contribution in [0.4, 0.5) is 13.2 Å². The van der Waals surface area contributed by atoms with Crippen molar-refractivity contribution in [2.45, 2.75) is 41.0 Å². The molecule has 4 heteroatoms. The monoisotopic (exact) mass is 310 g/mol. The summed E-state index contributed by atoms with van der Waals surface area (Å²) in [5.74, 6) is -0.176. The Hall–Kier alpha value is -1.97. The molecule has 0 bridgehead atoms. The topological polar surface area (TPSA) is 9.23 Å². The molecule has 1 aromatic carbocycles. The van der Waals surface area contributed by atoms with Crippen molar-refractivity contribution in [3.05, 3.63) is 58.7 Å². The zero-order valence-electron chi connectivity index (χ0n) is 13.6. The van der Waals surface area contributed by atoms with Crippen LogP contribution >= 0.6 is 0 Å². The van der Waals surface area contributed by atoms with E-state index in [1.807, 2.05) is 33.8 Å². The number of ether oxygens (including phenoxy) is 1. The van der Waals surface area contributed by atoms with Crippen LogP contribution in [0.25, 0.3) is 5.57 Å². The average Bonchev–Trinajstić information content (AvgIpc) is 2.40. The highest BCUT2D eigenvalue weighted by atomic mass is 19.4. The molecule has 0 fully saturated rings. The van der Waals surface area contributed by atoms with E-state index in [-0.39, 0.29) is 5.75 Å². The zero-order valence-corrected chi connectivity index (χ0v) is 13.6. The molecule has 0 saturated heterocycles. The Balaban J connectivity index is 3.25. The summed E-state index contributed by atoms with van der Waals surface area (Å²) in [4.78, 5) is 0. The second-order valence-corrected chi connectivity index (χ2v) is 5.26. The highest BCUT2D eigenvalue weighted by Crippen LogP contribution is 2.32. The molecule has 0 aromatic heterocycles. The highest BCUT2D eigenvalue weighted by molar-refractivity contribution is 5.80. The van der Waals surface area contributed by atoms with Gasteiger partial charge in [-0.05, 0) is 74.6 Å². The Morgan fingerprint density at radius 1 is 1.14 bits per heavy atom.